The van der Waals surface area contributed by atoms with Crippen LogP contribution in [0.2, 0.25) is 0 Å². The molecular formula is C12H14N2O5. The Balaban J connectivity index is 3.31. The molecule has 7 heteroatoms. The second-order valence-corrected chi connectivity index (χ2v) is 5.15. The number of benzene rings is 1. The highest BCUT2D eigenvalue weighted by molar-refractivity contribution is 6.00. The van der Waals surface area contributed by atoms with Crippen LogP contribution in [-0.2, 0) is 5.41 Å². The third kappa shape index (κ3) is 3.57. The largest absolute Gasteiger partial charge is 0.286 e. The van der Waals surface area contributed by atoms with Gasteiger partial charge in [-0.15, -0.1) is 0 Å². The van der Waals surface area contributed by atoms with Gasteiger partial charge in [0.2, 0.25) is 5.78 Å². The summed E-state index contributed by atoms with van der Waals surface area (Å²) in [7, 11) is 0. The van der Waals surface area contributed by atoms with Gasteiger partial charge in [-0.1, -0.05) is 26.8 Å². The van der Waals surface area contributed by atoms with Gasteiger partial charge in [0, 0.05) is 11.0 Å². The first-order valence-electron chi connectivity index (χ1n) is 5.57. The molecule has 0 aromatic heterocycles. The molecule has 0 amide bonds. The van der Waals surface area contributed by atoms with Crippen molar-refractivity contribution in [2.45, 2.75) is 26.2 Å². The average Bonchev–Trinajstić information content (AvgIpc) is 2.25. The van der Waals surface area contributed by atoms with Crippen LogP contribution in [0.1, 0.15) is 36.7 Å². The highest BCUT2D eigenvalue weighted by atomic mass is 16.6. The van der Waals surface area contributed by atoms with E-state index >= 15 is 0 Å². The van der Waals surface area contributed by atoms with E-state index in [0.29, 0.717) is 5.56 Å². The van der Waals surface area contributed by atoms with E-state index in [2.05, 4.69) is 0 Å². The Hall–Kier alpha value is -2.31. The molecule has 0 spiro atoms. The Kier molecular flexibility index (Phi) is 3.98. The lowest BCUT2D eigenvalue weighted by molar-refractivity contribution is -0.465. The first-order chi connectivity index (χ1) is 8.62. The van der Waals surface area contributed by atoms with Gasteiger partial charge in [0.25, 0.3) is 12.2 Å². The highest BCUT2D eigenvalue weighted by Gasteiger charge is 2.26. The van der Waals surface area contributed by atoms with Crippen molar-refractivity contribution < 1.29 is 14.6 Å². The molecule has 1 aromatic rings. The Morgan fingerprint density at radius 1 is 1.21 bits per heavy atom. The number of Topliss-reactive ketones (excluding diaryl/α,β-unsaturated/α-hetero) is 1. The number of carbonyl (C=O) groups is 1. The van der Waals surface area contributed by atoms with E-state index in [1.54, 1.807) is 6.07 Å². The Bertz CT molecular complexity index is 546. The van der Waals surface area contributed by atoms with Crippen LogP contribution in [0.3, 0.4) is 0 Å². The molecule has 0 radical (unpaired) electrons. The predicted octanol–water partition coefficient (Wildman–Crippen LogP) is 2.35. The van der Waals surface area contributed by atoms with Crippen molar-refractivity contribution in [3.8, 4) is 0 Å². The van der Waals surface area contributed by atoms with Crippen LogP contribution in [-0.4, -0.2) is 22.2 Å². The third-order valence-electron chi connectivity index (χ3n) is 2.63. The molecule has 102 valence electrons. The Labute approximate surface area is 109 Å². The summed E-state index contributed by atoms with van der Waals surface area (Å²) in [6.07, 6.45) is 0. The van der Waals surface area contributed by atoms with Gasteiger partial charge in [-0.05, 0) is 17.0 Å². The summed E-state index contributed by atoms with van der Waals surface area (Å²) in [6.45, 7) is 4.69. The molecule has 0 aliphatic heterocycles. The second-order valence-electron chi connectivity index (χ2n) is 5.15. The van der Waals surface area contributed by atoms with Crippen molar-refractivity contribution in [1.29, 1.82) is 0 Å². The number of hydrogen-bond acceptors (Lipinski definition) is 5. The number of nitrogens with zero attached hydrogens (tertiary/aromatic N) is 2. The van der Waals surface area contributed by atoms with Gasteiger partial charge in [-0.25, -0.2) is 0 Å². The summed E-state index contributed by atoms with van der Waals surface area (Å²) in [5, 5.41) is 21.3. The summed E-state index contributed by atoms with van der Waals surface area (Å²) in [5.41, 5.74) is -0.235. The molecular weight excluding hydrogens is 252 g/mol. The van der Waals surface area contributed by atoms with Crippen LogP contribution >= 0.6 is 0 Å². The first kappa shape index (κ1) is 14.7. The van der Waals surface area contributed by atoms with Crippen molar-refractivity contribution in [3.63, 3.8) is 0 Å². The number of hydrogen-bond donors (Lipinski definition) is 0. The van der Waals surface area contributed by atoms with Crippen molar-refractivity contribution in [3.05, 3.63) is 49.6 Å². The van der Waals surface area contributed by atoms with Crippen molar-refractivity contribution in [2.75, 3.05) is 6.54 Å². The minimum Gasteiger partial charge on any atom is -0.286 e. The van der Waals surface area contributed by atoms with Crippen LogP contribution in [0, 0.1) is 20.2 Å². The topological polar surface area (TPSA) is 103 Å². The normalized spacial score (nSPS) is 11.1. The van der Waals surface area contributed by atoms with E-state index in [1.807, 2.05) is 20.8 Å². The number of nitro groups is 2. The van der Waals surface area contributed by atoms with Crippen LogP contribution in [0.4, 0.5) is 5.69 Å². The van der Waals surface area contributed by atoms with Gasteiger partial charge in [-0.3, -0.25) is 25.0 Å². The van der Waals surface area contributed by atoms with Gasteiger partial charge in [0.1, 0.15) is 5.56 Å². The number of ketones is 1. The zero-order chi connectivity index (χ0) is 14.8. The van der Waals surface area contributed by atoms with Gasteiger partial charge in [0.15, 0.2) is 0 Å². The van der Waals surface area contributed by atoms with E-state index < -0.39 is 22.2 Å². The summed E-state index contributed by atoms with van der Waals surface area (Å²) in [4.78, 5) is 31.4. The lowest BCUT2D eigenvalue weighted by atomic mass is 9.86. The molecule has 0 fully saturated rings. The number of nitro benzene ring substituents is 1. The summed E-state index contributed by atoms with van der Waals surface area (Å²) in [5.74, 6) is -0.864. The summed E-state index contributed by atoms with van der Waals surface area (Å²) < 4.78 is 0. The first-order valence-corrected chi connectivity index (χ1v) is 5.57. The molecule has 0 heterocycles. The molecule has 0 saturated carbocycles. The summed E-state index contributed by atoms with van der Waals surface area (Å²) >= 11 is 0. The second kappa shape index (κ2) is 5.13. The predicted molar refractivity (Wildman–Crippen MR) is 68.0 cm³/mol. The van der Waals surface area contributed by atoms with Gasteiger partial charge in [-0.2, -0.15) is 0 Å². The van der Waals surface area contributed by atoms with Gasteiger partial charge >= 0.3 is 0 Å². The minimum atomic E-state index is -0.949. The Morgan fingerprint density at radius 3 is 2.21 bits per heavy atom. The number of rotatable bonds is 4. The molecule has 0 aliphatic rings. The fourth-order valence-electron chi connectivity index (χ4n) is 1.59. The monoisotopic (exact) mass is 266 g/mol. The van der Waals surface area contributed by atoms with E-state index in [4.69, 9.17) is 0 Å². The third-order valence-corrected chi connectivity index (χ3v) is 2.63. The van der Waals surface area contributed by atoms with Gasteiger partial charge < -0.3 is 0 Å². The standard InChI is InChI=1S/C12H14N2O5/c1-12(2,3)8-4-5-9(10(6-8)14(18)19)11(15)7-13(16)17/h4-6H,7H2,1-3H3. The minimum absolute atomic E-state index is 0.227. The lowest BCUT2D eigenvalue weighted by Crippen LogP contribution is -2.17. The molecule has 7 nitrogen and oxygen atoms in total. The number of carbonyl (C=O) groups excluding carboxylic acids is 1. The zero-order valence-corrected chi connectivity index (χ0v) is 10.9. The molecule has 0 atom stereocenters. The quantitative estimate of drug-likeness (QED) is 0.472. The zero-order valence-electron chi connectivity index (χ0n) is 10.9. The maximum absolute atomic E-state index is 11.6. The van der Waals surface area contributed by atoms with Crippen molar-refractivity contribution >= 4 is 11.5 Å². The van der Waals surface area contributed by atoms with Crippen LogP contribution < -0.4 is 0 Å². The van der Waals surface area contributed by atoms with E-state index in [0.717, 1.165) is 0 Å². The Morgan fingerprint density at radius 2 is 1.79 bits per heavy atom. The van der Waals surface area contributed by atoms with Crippen LogP contribution in [0.5, 0.6) is 0 Å². The molecule has 19 heavy (non-hydrogen) atoms. The SMILES string of the molecule is CC(C)(C)c1ccc(C(=O)C[N+](=O)[O-])c([N+](=O)[O-])c1. The molecule has 1 aromatic carbocycles. The lowest BCUT2D eigenvalue weighted by Gasteiger charge is -2.18. The van der Waals surface area contributed by atoms with Crippen molar-refractivity contribution in [1.82, 2.24) is 0 Å². The smallest absolute Gasteiger partial charge is 0.280 e. The molecule has 0 bridgehead atoms. The van der Waals surface area contributed by atoms with E-state index in [9.17, 15) is 25.0 Å². The average molecular weight is 266 g/mol. The van der Waals surface area contributed by atoms with Crippen molar-refractivity contribution in [2.24, 2.45) is 0 Å². The van der Waals surface area contributed by atoms with E-state index in [-0.39, 0.29) is 16.7 Å². The fraction of sp³-hybridized carbons (Fsp3) is 0.417. The van der Waals surface area contributed by atoms with Crippen LogP contribution in [0.15, 0.2) is 18.2 Å². The molecule has 0 unspecified atom stereocenters. The molecule has 1 rings (SSSR count). The van der Waals surface area contributed by atoms with Gasteiger partial charge in [0.05, 0.1) is 4.92 Å². The summed E-state index contributed by atoms with van der Waals surface area (Å²) in [6, 6.07) is 4.16. The molecule has 0 N–H and O–H groups in total. The van der Waals surface area contributed by atoms with Crippen LogP contribution in [0.25, 0.3) is 0 Å². The van der Waals surface area contributed by atoms with E-state index in [1.165, 1.54) is 12.1 Å². The maximum atomic E-state index is 11.6. The highest BCUT2D eigenvalue weighted by Crippen LogP contribution is 2.28. The maximum Gasteiger partial charge on any atom is 0.280 e. The molecule has 0 saturated heterocycles. The fourth-order valence-corrected chi connectivity index (χ4v) is 1.59. The molecule has 0 aliphatic carbocycles.